The number of epoxide rings is 1. The van der Waals surface area contributed by atoms with Gasteiger partial charge in [-0.05, 0) is 6.42 Å². The highest BCUT2D eigenvalue weighted by Crippen LogP contribution is 2.58. The topological polar surface area (TPSA) is 12.5 Å². The second-order valence-corrected chi connectivity index (χ2v) is 6.15. The summed E-state index contributed by atoms with van der Waals surface area (Å²) in [6, 6.07) is 0. The molecular formula is C15H23F7O. The third-order valence-corrected chi connectivity index (χ3v) is 4.25. The van der Waals surface area contributed by atoms with Gasteiger partial charge in [0.15, 0.2) is 5.60 Å². The van der Waals surface area contributed by atoms with Crippen LogP contribution < -0.4 is 0 Å². The Morgan fingerprint density at radius 1 is 0.783 bits per heavy atom. The van der Waals surface area contributed by atoms with E-state index in [4.69, 9.17) is 0 Å². The van der Waals surface area contributed by atoms with E-state index in [9.17, 15) is 30.7 Å². The average molecular weight is 352 g/mol. The molecule has 0 saturated carbocycles. The second-order valence-electron chi connectivity index (χ2n) is 6.15. The first-order valence-corrected chi connectivity index (χ1v) is 7.98. The Labute approximate surface area is 131 Å². The number of rotatable bonds is 11. The first kappa shape index (κ1) is 20.5. The van der Waals surface area contributed by atoms with Crippen LogP contribution in [-0.2, 0) is 4.74 Å². The molecule has 8 heteroatoms. The third-order valence-electron chi connectivity index (χ3n) is 4.25. The normalized spacial score (nSPS) is 22.4. The molecule has 1 aliphatic rings. The van der Waals surface area contributed by atoms with Gasteiger partial charge in [0.2, 0.25) is 0 Å². The van der Waals surface area contributed by atoms with Crippen molar-refractivity contribution < 1.29 is 35.5 Å². The predicted molar refractivity (Wildman–Crippen MR) is 71.9 cm³/mol. The highest BCUT2D eigenvalue weighted by Gasteiger charge is 2.83. The SMILES string of the molecule is CCCCCCCCCCC1(C(F)(F)C(F)(F)C(F)(F)F)CO1. The van der Waals surface area contributed by atoms with Crippen molar-refractivity contribution in [3.05, 3.63) is 0 Å². The number of ether oxygens (including phenoxy) is 1. The van der Waals surface area contributed by atoms with E-state index in [-0.39, 0.29) is 6.42 Å². The summed E-state index contributed by atoms with van der Waals surface area (Å²) in [5.41, 5.74) is -2.67. The lowest BCUT2D eigenvalue weighted by molar-refractivity contribution is -0.367. The summed E-state index contributed by atoms with van der Waals surface area (Å²) in [5, 5.41) is 0. The molecule has 1 saturated heterocycles. The molecule has 1 aliphatic heterocycles. The zero-order valence-electron chi connectivity index (χ0n) is 13.1. The van der Waals surface area contributed by atoms with Gasteiger partial charge in [-0.3, -0.25) is 0 Å². The average Bonchev–Trinajstić information content (AvgIpc) is 3.22. The van der Waals surface area contributed by atoms with Crippen molar-refractivity contribution in [2.45, 2.75) is 88.3 Å². The van der Waals surface area contributed by atoms with Crippen molar-refractivity contribution >= 4 is 0 Å². The van der Waals surface area contributed by atoms with Gasteiger partial charge < -0.3 is 4.74 Å². The fraction of sp³-hybridized carbons (Fsp3) is 1.00. The van der Waals surface area contributed by atoms with Crippen molar-refractivity contribution in [2.24, 2.45) is 0 Å². The molecule has 0 N–H and O–H groups in total. The van der Waals surface area contributed by atoms with Gasteiger partial charge in [-0.15, -0.1) is 0 Å². The van der Waals surface area contributed by atoms with Crippen LogP contribution in [-0.4, -0.2) is 30.2 Å². The zero-order valence-corrected chi connectivity index (χ0v) is 13.1. The van der Waals surface area contributed by atoms with Crippen LogP contribution in [0.1, 0.15) is 64.7 Å². The molecule has 138 valence electrons. The van der Waals surface area contributed by atoms with E-state index in [1.165, 1.54) is 0 Å². The van der Waals surface area contributed by atoms with Crippen LogP contribution in [0.5, 0.6) is 0 Å². The van der Waals surface area contributed by atoms with Crippen molar-refractivity contribution in [1.82, 2.24) is 0 Å². The standard InChI is InChI=1S/C15H23F7O/c1-2-3-4-5-6-7-8-9-10-12(11-23-12)13(16,17)14(18,19)15(20,21)22/h2-11H2,1H3. The minimum absolute atomic E-state index is 0.150. The first-order chi connectivity index (χ1) is 10.5. The van der Waals surface area contributed by atoms with Crippen molar-refractivity contribution in [3.63, 3.8) is 0 Å². The largest absolute Gasteiger partial charge is 0.459 e. The molecule has 1 rings (SSSR count). The Balaban J connectivity index is 2.42. The van der Waals surface area contributed by atoms with E-state index in [1.807, 2.05) is 0 Å². The van der Waals surface area contributed by atoms with Crippen molar-refractivity contribution in [2.75, 3.05) is 6.61 Å². The van der Waals surface area contributed by atoms with E-state index in [1.54, 1.807) is 0 Å². The van der Waals surface area contributed by atoms with Crippen LogP contribution in [0.2, 0.25) is 0 Å². The summed E-state index contributed by atoms with van der Waals surface area (Å²) >= 11 is 0. The molecule has 1 unspecified atom stereocenters. The maximum absolute atomic E-state index is 13.7. The lowest BCUT2D eigenvalue weighted by Gasteiger charge is -2.32. The van der Waals surface area contributed by atoms with Crippen molar-refractivity contribution in [1.29, 1.82) is 0 Å². The van der Waals surface area contributed by atoms with Crippen LogP contribution in [0, 0.1) is 0 Å². The van der Waals surface area contributed by atoms with E-state index >= 15 is 0 Å². The second kappa shape index (κ2) is 7.57. The fourth-order valence-electron chi connectivity index (χ4n) is 2.58. The van der Waals surface area contributed by atoms with Crippen molar-refractivity contribution in [3.8, 4) is 0 Å². The molecule has 0 aliphatic carbocycles. The lowest BCUT2D eigenvalue weighted by Crippen LogP contribution is -2.59. The Hall–Kier alpha value is -0.530. The van der Waals surface area contributed by atoms with E-state index in [0.29, 0.717) is 6.42 Å². The van der Waals surface area contributed by atoms with Crippen LogP contribution in [0.15, 0.2) is 0 Å². The molecule has 0 aromatic carbocycles. The quantitative estimate of drug-likeness (QED) is 0.248. The molecule has 0 aromatic heterocycles. The Morgan fingerprint density at radius 2 is 1.22 bits per heavy atom. The van der Waals surface area contributed by atoms with Gasteiger partial charge >= 0.3 is 18.0 Å². The van der Waals surface area contributed by atoms with E-state index in [2.05, 4.69) is 11.7 Å². The molecule has 0 amide bonds. The summed E-state index contributed by atoms with van der Waals surface area (Å²) in [4.78, 5) is 0. The maximum Gasteiger partial charge on any atom is 0.459 e. The number of halogens is 7. The highest BCUT2D eigenvalue weighted by atomic mass is 19.4. The monoisotopic (exact) mass is 352 g/mol. The number of hydrogen-bond acceptors (Lipinski definition) is 1. The Kier molecular flexibility index (Phi) is 6.75. The van der Waals surface area contributed by atoms with Crippen LogP contribution in [0.4, 0.5) is 30.7 Å². The third kappa shape index (κ3) is 4.51. The first-order valence-electron chi connectivity index (χ1n) is 7.98. The van der Waals surface area contributed by atoms with Crippen LogP contribution in [0.3, 0.4) is 0 Å². The zero-order chi connectivity index (χ0) is 17.8. The fourth-order valence-corrected chi connectivity index (χ4v) is 2.58. The van der Waals surface area contributed by atoms with E-state index < -0.39 is 36.7 Å². The number of alkyl halides is 7. The number of unbranched alkanes of at least 4 members (excludes halogenated alkanes) is 7. The lowest BCUT2D eigenvalue weighted by atomic mass is 9.90. The number of hydrogen-bond donors (Lipinski definition) is 0. The summed E-state index contributed by atoms with van der Waals surface area (Å²) in [6.07, 6.45) is -0.142. The van der Waals surface area contributed by atoms with Gasteiger partial charge in [0, 0.05) is 0 Å². The van der Waals surface area contributed by atoms with Gasteiger partial charge in [-0.25, -0.2) is 0 Å². The van der Waals surface area contributed by atoms with Gasteiger partial charge in [0.05, 0.1) is 6.61 Å². The summed E-state index contributed by atoms with van der Waals surface area (Å²) in [5.74, 6) is -11.3. The Morgan fingerprint density at radius 3 is 1.61 bits per heavy atom. The minimum atomic E-state index is -6.30. The molecule has 23 heavy (non-hydrogen) atoms. The van der Waals surface area contributed by atoms with Gasteiger partial charge in [-0.2, -0.15) is 30.7 Å². The molecule has 1 heterocycles. The predicted octanol–water partition coefficient (Wildman–Crippen LogP) is 6.12. The summed E-state index contributed by atoms with van der Waals surface area (Å²) in [6.45, 7) is 1.31. The molecular weight excluding hydrogens is 329 g/mol. The van der Waals surface area contributed by atoms with Crippen LogP contribution >= 0.6 is 0 Å². The summed E-state index contributed by atoms with van der Waals surface area (Å²) in [7, 11) is 0. The van der Waals surface area contributed by atoms with Crippen LogP contribution in [0.25, 0.3) is 0 Å². The van der Waals surface area contributed by atoms with Gasteiger partial charge in [0.25, 0.3) is 0 Å². The Bertz CT molecular complexity index is 361. The van der Waals surface area contributed by atoms with E-state index in [0.717, 1.165) is 38.5 Å². The van der Waals surface area contributed by atoms with Gasteiger partial charge in [-0.1, -0.05) is 58.3 Å². The molecule has 0 bridgehead atoms. The minimum Gasteiger partial charge on any atom is -0.363 e. The molecule has 1 nitrogen and oxygen atoms in total. The highest BCUT2D eigenvalue weighted by molar-refractivity contribution is 5.12. The molecule has 1 atom stereocenters. The molecule has 0 spiro atoms. The molecule has 0 radical (unpaired) electrons. The molecule has 1 fully saturated rings. The smallest absolute Gasteiger partial charge is 0.363 e. The summed E-state index contributed by atoms with van der Waals surface area (Å²) < 4.78 is 94.3. The molecule has 0 aromatic rings. The van der Waals surface area contributed by atoms with Gasteiger partial charge in [0.1, 0.15) is 0 Å². The maximum atomic E-state index is 13.7.